The van der Waals surface area contributed by atoms with Crippen molar-refractivity contribution in [3.63, 3.8) is 0 Å². The molecule has 0 unspecified atom stereocenters. The number of rotatable bonds is 8. The number of carbonyl (C=O) groups excluding carboxylic acids is 2. The molecule has 0 saturated carbocycles. The van der Waals surface area contributed by atoms with Crippen LogP contribution in [-0.4, -0.2) is 26.2 Å². The molecule has 0 atom stereocenters. The normalized spacial score (nSPS) is 13.3. The van der Waals surface area contributed by atoms with Gasteiger partial charge in [-0.05, 0) is 74.2 Å². The fourth-order valence-electron chi connectivity index (χ4n) is 5.87. The van der Waals surface area contributed by atoms with Gasteiger partial charge in [0.15, 0.2) is 0 Å². The molecule has 1 aliphatic rings. The molecule has 0 N–H and O–H groups in total. The van der Waals surface area contributed by atoms with E-state index in [1.54, 1.807) is 0 Å². The van der Waals surface area contributed by atoms with Crippen LogP contribution >= 0.6 is 35.2 Å². The summed E-state index contributed by atoms with van der Waals surface area (Å²) in [5, 5.41) is 2.65. The number of aryl methyl sites for hydroxylation is 4. The van der Waals surface area contributed by atoms with Crippen LogP contribution in [0.25, 0.3) is 0 Å². The first-order valence-corrected chi connectivity index (χ1v) is 21.6. The van der Waals surface area contributed by atoms with Gasteiger partial charge in [-0.25, -0.2) is 9.59 Å². The monoisotopic (exact) mass is 800 g/mol. The van der Waals surface area contributed by atoms with Crippen LogP contribution in [0.4, 0.5) is 11.4 Å². The number of para-hydroxylation sites is 2. The van der Waals surface area contributed by atoms with Gasteiger partial charge in [0, 0.05) is 0 Å². The Labute approximate surface area is 296 Å². The second-order valence-electron chi connectivity index (χ2n) is 10.7. The summed E-state index contributed by atoms with van der Waals surface area (Å²) < 4.78 is 15.5. The van der Waals surface area contributed by atoms with E-state index in [9.17, 15) is 9.59 Å². The topological polar surface area (TPSA) is 59.1 Å². The Morgan fingerprint density at radius 2 is 0.979 bits per heavy atom. The number of nitrogens with zero attached hydrogens (tertiary/aromatic N) is 2. The average molecular weight is 802 g/mol. The van der Waals surface area contributed by atoms with Crippen molar-refractivity contribution in [2.75, 3.05) is 23.6 Å². The number of anilines is 2. The van der Waals surface area contributed by atoms with Crippen molar-refractivity contribution in [3.05, 3.63) is 142 Å². The van der Waals surface area contributed by atoms with E-state index in [-0.39, 0.29) is 15.9 Å². The van der Waals surface area contributed by atoms with E-state index in [1.807, 2.05) is 85.2 Å². The molecular formula is C36H38Cl2N2O4P2Pd+2. The number of hydrogen-bond donors (Lipinski definition) is 0. The van der Waals surface area contributed by atoms with E-state index in [0.717, 1.165) is 44.2 Å². The van der Waals surface area contributed by atoms with Crippen molar-refractivity contribution < 1.29 is 35.0 Å². The first-order chi connectivity index (χ1) is 22.7. The molecular weight excluding hydrogens is 764 g/mol. The van der Waals surface area contributed by atoms with Gasteiger partial charge in [-0.3, -0.25) is 0 Å². The van der Waals surface area contributed by atoms with Gasteiger partial charge in [0.2, 0.25) is 13.5 Å². The molecule has 0 aliphatic carbocycles. The molecule has 1 heterocycles. The standard InChI is InChI=1S/C36H36N2O4P2.2ClH.Pd/c1-25-15-13-16-26(2)31(25)37-23-24-38(32-27(3)17-14-18-28(32)4)44(37)34(36(40)42-6)33(35(39)41-5)43(29-19-9-7-10-20-29)30-21-11-8-12-22-30;;;/h7-24H,1-6H3;2*1H;/q;;;+2/b34-33-;;;. The number of halogens is 2. The van der Waals surface area contributed by atoms with Crippen LogP contribution in [-0.2, 0) is 35.0 Å². The zero-order chi connectivity index (χ0) is 34.1. The summed E-state index contributed by atoms with van der Waals surface area (Å²) in [6, 6.07) is 32.2. The third-order valence-corrected chi connectivity index (χ3v) is 13.4. The van der Waals surface area contributed by atoms with E-state index in [0.29, 0.717) is 10.6 Å². The van der Waals surface area contributed by atoms with E-state index >= 15 is 0 Å². The predicted molar refractivity (Wildman–Crippen MR) is 197 cm³/mol. The van der Waals surface area contributed by atoms with Crippen LogP contribution in [0.5, 0.6) is 0 Å². The molecule has 47 heavy (non-hydrogen) atoms. The van der Waals surface area contributed by atoms with E-state index in [4.69, 9.17) is 28.5 Å². The summed E-state index contributed by atoms with van der Waals surface area (Å²) in [4.78, 5) is 28.5. The summed E-state index contributed by atoms with van der Waals surface area (Å²) in [5.41, 5.74) is 6.29. The van der Waals surface area contributed by atoms with Crippen LogP contribution in [0.1, 0.15) is 22.3 Å². The summed E-state index contributed by atoms with van der Waals surface area (Å²) in [5.74, 6) is -1.07. The number of ether oxygens (including phenoxy) is 2. The molecule has 0 amide bonds. The molecule has 248 valence electrons. The van der Waals surface area contributed by atoms with Gasteiger partial charge in [0.05, 0.1) is 38.0 Å². The second-order valence-corrected chi connectivity index (χ2v) is 17.6. The molecule has 0 spiro atoms. The predicted octanol–water partition coefficient (Wildman–Crippen LogP) is 8.56. The van der Waals surface area contributed by atoms with Gasteiger partial charge in [-0.2, -0.15) is 9.34 Å². The van der Waals surface area contributed by atoms with Gasteiger partial charge in [-0.1, -0.05) is 72.8 Å². The Morgan fingerprint density at radius 3 is 1.32 bits per heavy atom. The fraction of sp³-hybridized carbons (Fsp3) is 0.167. The average Bonchev–Trinajstić information content (AvgIpc) is 3.48. The van der Waals surface area contributed by atoms with Gasteiger partial charge >= 0.3 is 46.9 Å². The number of methoxy groups -OCH3 is 2. The van der Waals surface area contributed by atoms with Crippen molar-refractivity contribution >= 4 is 69.1 Å². The zero-order valence-electron chi connectivity index (χ0n) is 27.0. The second kappa shape index (κ2) is 17.4. The van der Waals surface area contributed by atoms with Crippen LogP contribution in [0, 0.1) is 27.7 Å². The summed E-state index contributed by atoms with van der Waals surface area (Å²) in [6.07, 6.45) is 4.07. The third-order valence-electron chi connectivity index (χ3n) is 7.81. The molecule has 0 aromatic heterocycles. The zero-order valence-corrected chi connectivity index (χ0v) is 32.1. The van der Waals surface area contributed by atoms with E-state index < -0.39 is 28.1 Å². The van der Waals surface area contributed by atoms with Crippen molar-refractivity contribution in [3.8, 4) is 0 Å². The molecule has 5 rings (SSSR count). The molecule has 6 nitrogen and oxygen atoms in total. The van der Waals surface area contributed by atoms with Gasteiger partial charge in [0.25, 0.3) is 5.31 Å². The molecule has 0 saturated heterocycles. The Balaban J connectivity index is 0.00000160. The molecule has 1 aliphatic heterocycles. The van der Waals surface area contributed by atoms with Crippen LogP contribution in [0.15, 0.2) is 120 Å². The van der Waals surface area contributed by atoms with Gasteiger partial charge in [0.1, 0.15) is 18.5 Å². The molecule has 0 radical (unpaired) electrons. The number of carbonyl (C=O) groups is 2. The van der Waals surface area contributed by atoms with Gasteiger partial charge in [-0.15, -0.1) is 0 Å². The Morgan fingerprint density at radius 1 is 0.617 bits per heavy atom. The molecule has 11 heteroatoms. The van der Waals surface area contributed by atoms with Crippen molar-refractivity contribution in [1.82, 2.24) is 0 Å². The Hall–Kier alpha value is -3.00. The molecule has 0 fully saturated rings. The van der Waals surface area contributed by atoms with Crippen LogP contribution < -0.4 is 19.9 Å². The minimum atomic E-state index is -2.26. The molecule has 4 aromatic carbocycles. The van der Waals surface area contributed by atoms with Crippen molar-refractivity contribution in [2.24, 2.45) is 0 Å². The first-order valence-electron chi connectivity index (χ1n) is 14.7. The summed E-state index contributed by atoms with van der Waals surface area (Å²) in [6.45, 7) is 8.29. The van der Waals surface area contributed by atoms with E-state index in [2.05, 4.69) is 61.3 Å². The quantitative estimate of drug-likeness (QED) is 0.0771. The minimum absolute atomic E-state index is 0.106. The fourth-order valence-corrected chi connectivity index (χ4v) is 12.1. The third kappa shape index (κ3) is 8.18. The SMILES string of the molecule is COC(=O)/C(=C(\C(=O)OC)[PH+]1N(c2c(C)cccc2C)C=CN1c1c(C)cccc1C)[PH+](c1ccccc1)c1ccccc1.[Cl][Pd][Cl]. The van der Waals surface area contributed by atoms with Crippen LogP contribution in [0.2, 0.25) is 0 Å². The molecule has 0 bridgehead atoms. The van der Waals surface area contributed by atoms with Crippen molar-refractivity contribution in [1.29, 1.82) is 0 Å². The number of esters is 2. The first kappa shape index (κ1) is 36.8. The maximum atomic E-state index is 14.3. The Kier molecular flexibility index (Phi) is 13.6. The number of benzene rings is 4. The number of hydrogen-bond acceptors (Lipinski definition) is 6. The van der Waals surface area contributed by atoms with Gasteiger partial charge < -0.3 is 9.47 Å². The maximum absolute atomic E-state index is 14.3. The van der Waals surface area contributed by atoms with E-state index in [1.165, 1.54) is 14.2 Å². The Bertz CT molecular complexity index is 1630. The van der Waals surface area contributed by atoms with Crippen molar-refractivity contribution in [2.45, 2.75) is 27.7 Å². The summed E-state index contributed by atoms with van der Waals surface area (Å²) >= 11 is -0.106. The molecule has 4 aromatic rings. The summed E-state index contributed by atoms with van der Waals surface area (Å²) in [7, 11) is 8.09. The van der Waals surface area contributed by atoms with Crippen LogP contribution in [0.3, 0.4) is 0 Å².